The average molecular weight is 359 g/mol. The van der Waals surface area contributed by atoms with Crippen molar-refractivity contribution < 1.29 is 9.15 Å². The van der Waals surface area contributed by atoms with Crippen LogP contribution in [0.2, 0.25) is 0 Å². The lowest BCUT2D eigenvalue weighted by atomic mass is 10.1. The Balaban J connectivity index is 1.77. The van der Waals surface area contributed by atoms with Crippen LogP contribution in [0.5, 0.6) is 5.75 Å². The summed E-state index contributed by atoms with van der Waals surface area (Å²) in [4.78, 5) is 0. The van der Waals surface area contributed by atoms with Gasteiger partial charge in [0.05, 0.1) is 5.56 Å². The lowest BCUT2D eigenvalue weighted by molar-refractivity contribution is 0.261. The molecule has 112 valence electrons. The van der Waals surface area contributed by atoms with Gasteiger partial charge in [0.2, 0.25) is 5.89 Å². The van der Waals surface area contributed by atoms with Gasteiger partial charge in [0.1, 0.15) is 5.75 Å². The first-order valence-electron chi connectivity index (χ1n) is 6.91. The Morgan fingerprint density at radius 1 is 1.00 bits per heavy atom. The second-order valence-electron chi connectivity index (χ2n) is 4.99. The quantitative estimate of drug-likeness (QED) is 0.678. The maximum Gasteiger partial charge on any atom is 0.254 e. The van der Waals surface area contributed by atoms with E-state index in [1.54, 1.807) is 0 Å². The van der Waals surface area contributed by atoms with Crippen molar-refractivity contribution in [2.75, 3.05) is 0 Å². The van der Waals surface area contributed by atoms with Gasteiger partial charge in [0, 0.05) is 4.47 Å². The summed E-state index contributed by atoms with van der Waals surface area (Å²) < 4.78 is 12.4. The maximum atomic E-state index is 5.83. The molecule has 0 aliphatic carbocycles. The summed E-state index contributed by atoms with van der Waals surface area (Å²) in [5, 5.41) is 8.12. The Labute approximate surface area is 137 Å². The van der Waals surface area contributed by atoms with Crippen LogP contribution in [0, 0.1) is 13.8 Å². The van der Waals surface area contributed by atoms with E-state index in [-0.39, 0.29) is 6.61 Å². The summed E-state index contributed by atoms with van der Waals surface area (Å²) in [5.41, 5.74) is 3.05. The van der Waals surface area contributed by atoms with E-state index in [4.69, 9.17) is 9.15 Å². The molecule has 0 aliphatic heterocycles. The van der Waals surface area contributed by atoms with Gasteiger partial charge in [0.25, 0.3) is 5.89 Å². The molecule has 0 fully saturated rings. The molecule has 0 atom stereocenters. The van der Waals surface area contributed by atoms with Crippen LogP contribution in [0.15, 0.2) is 51.4 Å². The van der Waals surface area contributed by atoms with Gasteiger partial charge in [-0.05, 0) is 53.0 Å². The molecular formula is C17H15BrN2O2. The number of aryl methyl sites for hydroxylation is 2. The van der Waals surface area contributed by atoms with E-state index in [1.165, 1.54) is 0 Å². The highest BCUT2D eigenvalue weighted by Crippen LogP contribution is 2.27. The standard InChI is InChI=1S/C17H15BrN2O2/c1-11-6-5-7-12(2)16(11)21-10-15-19-20-17(22-15)13-8-3-4-9-14(13)18/h3-9H,10H2,1-2H3. The number of nitrogens with zero attached hydrogens (tertiary/aromatic N) is 2. The Morgan fingerprint density at radius 2 is 1.73 bits per heavy atom. The molecule has 3 aromatic rings. The minimum Gasteiger partial charge on any atom is -0.483 e. The van der Waals surface area contributed by atoms with Crippen molar-refractivity contribution in [2.45, 2.75) is 20.5 Å². The molecular weight excluding hydrogens is 344 g/mol. The smallest absolute Gasteiger partial charge is 0.254 e. The summed E-state index contributed by atoms with van der Waals surface area (Å²) >= 11 is 3.48. The van der Waals surface area contributed by atoms with E-state index in [1.807, 2.05) is 56.3 Å². The van der Waals surface area contributed by atoms with E-state index in [9.17, 15) is 0 Å². The fourth-order valence-corrected chi connectivity index (χ4v) is 2.67. The van der Waals surface area contributed by atoms with Gasteiger partial charge in [-0.3, -0.25) is 0 Å². The van der Waals surface area contributed by atoms with Gasteiger partial charge in [-0.2, -0.15) is 0 Å². The van der Waals surface area contributed by atoms with Crippen molar-refractivity contribution >= 4 is 15.9 Å². The zero-order valence-electron chi connectivity index (χ0n) is 12.3. The fourth-order valence-electron chi connectivity index (χ4n) is 2.22. The minimum atomic E-state index is 0.253. The Kier molecular flexibility index (Phi) is 4.24. The summed E-state index contributed by atoms with van der Waals surface area (Å²) in [6, 6.07) is 13.8. The number of benzene rings is 2. The van der Waals surface area contributed by atoms with Gasteiger partial charge in [-0.1, -0.05) is 30.3 Å². The third-order valence-corrected chi connectivity index (χ3v) is 4.01. The normalized spacial score (nSPS) is 10.7. The van der Waals surface area contributed by atoms with Crippen molar-refractivity contribution in [1.29, 1.82) is 0 Å². The van der Waals surface area contributed by atoms with E-state index in [0.717, 1.165) is 26.9 Å². The zero-order valence-corrected chi connectivity index (χ0v) is 13.9. The molecule has 0 saturated heterocycles. The molecule has 0 N–H and O–H groups in total. The first-order chi connectivity index (χ1) is 10.6. The lowest BCUT2D eigenvalue weighted by Gasteiger charge is -2.09. The number of hydrogen-bond donors (Lipinski definition) is 0. The monoisotopic (exact) mass is 358 g/mol. The Hall–Kier alpha value is -2.14. The first-order valence-corrected chi connectivity index (χ1v) is 7.71. The van der Waals surface area contributed by atoms with E-state index in [2.05, 4.69) is 26.1 Å². The van der Waals surface area contributed by atoms with E-state index < -0.39 is 0 Å². The second kappa shape index (κ2) is 6.32. The van der Waals surface area contributed by atoms with E-state index in [0.29, 0.717) is 11.8 Å². The molecule has 0 bridgehead atoms. The SMILES string of the molecule is Cc1cccc(C)c1OCc1nnc(-c2ccccc2Br)o1. The topological polar surface area (TPSA) is 48.2 Å². The van der Waals surface area contributed by atoms with Crippen LogP contribution in [0.3, 0.4) is 0 Å². The van der Waals surface area contributed by atoms with Crippen LogP contribution in [0.4, 0.5) is 0 Å². The highest BCUT2D eigenvalue weighted by atomic mass is 79.9. The Morgan fingerprint density at radius 3 is 2.45 bits per heavy atom. The largest absolute Gasteiger partial charge is 0.483 e. The number of ether oxygens (including phenoxy) is 1. The molecule has 1 heterocycles. The molecule has 3 rings (SSSR count). The molecule has 5 heteroatoms. The first kappa shape index (κ1) is 14.8. The predicted molar refractivity (Wildman–Crippen MR) is 87.7 cm³/mol. The van der Waals surface area contributed by atoms with Crippen LogP contribution >= 0.6 is 15.9 Å². The number of aromatic nitrogens is 2. The lowest BCUT2D eigenvalue weighted by Crippen LogP contribution is -1.99. The van der Waals surface area contributed by atoms with Gasteiger partial charge >= 0.3 is 0 Å². The molecule has 1 aromatic heterocycles. The van der Waals surface area contributed by atoms with Crippen LogP contribution < -0.4 is 4.74 Å². The summed E-state index contributed by atoms with van der Waals surface area (Å²) in [5.74, 6) is 1.80. The third kappa shape index (κ3) is 3.04. The molecule has 0 radical (unpaired) electrons. The molecule has 0 spiro atoms. The number of hydrogen-bond acceptors (Lipinski definition) is 4. The van der Waals surface area contributed by atoms with Crippen molar-refractivity contribution in [1.82, 2.24) is 10.2 Å². The van der Waals surface area contributed by atoms with Crippen molar-refractivity contribution in [3.63, 3.8) is 0 Å². The summed E-state index contributed by atoms with van der Waals surface area (Å²) in [6.45, 7) is 4.29. The predicted octanol–water partition coefficient (Wildman–Crippen LogP) is 4.69. The zero-order chi connectivity index (χ0) is 15.5. The number of halogens is 1. The van der Waals surface area contributed by atoms with Gasteiger partial charge < -0.3 is 9.15 Å². The summed E-state index contributed by atoms with van der Waals surface area (Å²) in [7, 11) is 0. The number of para-hydroxylation sites is 1. The van der Waals surface area contributed by atoms with Crippen LogP contribution in [0.25, 0.3) is 11.5 Å². The van der Waals surface area contributed by atoms with E-state index >= 15 is 0 Å². The van der Waals surface area contributed by atoms with Gasteiger partial charge in [-0.15, -0.1) is 10.2 Å². The average Bonchev–Trinajstić information content (AvgIpc) is 2.96. The van der Waals surface area contributed by atoms with Gasteiger partial charge in [0.15, 0.2) is 6.61 Å². The molecule has 4 nitrogen and oxygen atoms in total. The van der Waals surface area contributed by atoms with Crippen molar-refractivity contribution in [3.05, 3.63) is 64.0 Å². The molecule has 22 heavy (non-hydrogen) atoms. The second-order valence-corrected chi connectivity index (χ2v) is 5.84. The van der Waals surface area contributed by atoms with Crippen LogP contribution in [0.1, 0.15) is 17.0 Å². The molecule has 0 saturated carbocycles. The fraction of sp³-hybridized carbons (Fsp3) is 0.176. The summed E-state index contributed by atoms with van der Waals surface area (Å²) in [6.07, 6.45) is 0. The minimum absolute atomic E-state index is 0.253. The maximum absolute atomic E-state index is 5.83. The van der Waals surface area contributed by atoms with Crippen molar-refractivity contribution in [3.8, 4) is 17.2 Å². The van der Waals surface area contributed by atoms with Crippen LogP contribution in [-0.2, 0) is 6.61 Å². The highest BCUT2D eigenvalue weighted by Gasteiger charge is 2.12. The number of rotatable bonds is 4. The molecule has 0 aliphatic rings. The third-order valence-electron chi connectivity index (χ3n) is 3.32. The highest BCUT2D eigenvalue weighted by molar-refractivity contribution is 9.10. The van der Waals surface area contributed by atoms with Gasteiger partial charge in [-0.25, -0.2) is 0 Å². The van der Waals surface area contributed by atoms with Crippen molar-refractivity contribution in [2.24, 2.45) is 0 Å². The Bertz CT molecular complexity index is 779. The molecule has 0 amide bonds. The van der Waals surface area contributed by atoms with Crippen LogP contribution in [-0.4, -0.2) is 10.2 Å². The molecule has 2 aromatic carbocycles. The molecule has 0 unspecified atom stereocenters.